The third-order valence-electron chi connectivity index (χ3n) is 5.40. The molecule has 4 aromatic rings. The Morgan fingerprint density at radius 3 is 1.90 bits per heavy atom. The number of ether oxygens (including phenoxy) is 4. The zero-order valence-electron chi connectivity index (χ0n) is 17.4. The van der Waals surface area contributed by atoms with E-state index in [2.05, 4.69) is 0 Å². The SMILES string of the molecule is COC(=O)c1c(C(=O)OC)c2c(-c3ccc(OC)cc3)c(C)c3cc(OC)cc1n32. The number of carbonyl (C=O) groups is 2. The molecule has 7 nitrogen and oxygen atoms in total. The lowest BCUT2D eigenvalue weighted by atomic mass is 9.98. The average molecular weight is 407 g/mol. The van der Waals surface area contributed by atoms with Crippen molar-refractivity contribution in [2.45, 2.75) is 6.92 Å². The quantitative estimate of drug-likeness (QED) is 0.464. The second kappa shape index (κ2) is 7.26. The predicted octanol–water partition coefficient (Wildman–Crippen LogP) is 4.10. The van der Waals surface area contributed by atoms with Crippen molar-refractivity contribution in [2.24, 2.45) is 0 Å². The molecule has 30 heavy (non-hydrogen) atoms. The molecule has 0 spiro atoms. The Balaban J connectivity index is 2.21. The van der Waals surface area contributed by atoms with Crippen molar-refractivity contribution in [3.05, 3.63) is 53.1 Å². The van der Waals surface area contributed by atoms with Gasteiger partial charge in [0.15, 0.2) is 0 Å². The Bertz CT molecular complexity index is 1270. The molecule has 0 aliphatic rings. The molecule has 1 aromatic carbocycles. The summed E-state index contributed by atoms with van der Waals surface area (Å²) in [6.45, 7) is 1.97. The molecular formula is C23H21NO6. The number of nitrogens with zero attached hydrogens (tertiary/aromatic N) is 1. The predicted molar refractivity (Wildman–Crippen MR) is 112 cm³/mol. The molecule has 0 radical (unpaired) electrons. The molecule has 154 valence electrons. The molecule has 0 unspecified atom stereocenters. The highest BCUT2D eigenvalue weighted by Gasteiger charge is 2.32. The van der Waals surface area contributed by atoms with E-state index < -0.39 is 11.9 Å². The summed E-state index contributed by atoms with van der Waals surface area (Å²) < 4.78 is 22.6. The van der Waals surface area contributed by atoms with Gasteiger partial charge in [0, 0.05) is 17.7 Å². The summed E-state index contributed by atoms with van der Waals surface area (Å²) in [6, 6.07) is 11.1. The summed E-state index contributed by atoms with van der Waals surface area (Å²) in [5, 5.41) is 0. The standard InChI is InChI=1S/C23H21NO6/c1-12-16-10-15(28-3)11-17-19(22(25)29-4)20(23(26)30-5)21(24(16)17)18(12)13-6-8-14(27-2)9-7-13/h6-11H,1-5H3. The number of benzene rings is 1. The van der Waals surface area contributed by atoms with E-state index in [-0.39, 0.29) is 11.1 Å². The maximum Gasteiger partial charge on any atom is 0.340 e. The van der Waals surface area contributed by atoms with Gasteiger partial charge in [-0.15, -0.1) is 0 Å². The Labute approximate surface area is 173 Å². The van der Waals surface area contributed by atoms with Gasteiger partial charge in [-0.25, -0.2) is 9.59 Å². The minimum atomic E-state index is -0.619. The number of pyridine rings is 1. The zero-order chi connectivity index (χ0) is 21.6. The van der Waals surface area contributed by atoms with Crippen molar-refractivity contribution in [1.82, 2.24) is 4.40 Å². The van der Waals surface area contributed by atoms with Crippen LogP contribution in [0.1, 0.15) is 26.3 Å². The lowest BCUT2D eigenvalue weighted by Gasteiger charge is -2.08. The molecule has 0 aliphatic carbocycles. The minimum Gasteiger partial charge on any atom is -0.497 e. The van der Waals surface area contributed by atoms with E-state index in [0.717, 1.165) is 28.0 Å². The normalized spacial score (nSPS) is 11.1. The van der Waals surface area contributed by atoms with Crippen molar-refractivity contribution >= 4 is 28.5 Å². The number of carbonyl (C=O) groups excluding carboxylic acids is 2. The first-order valence-corrected chi connectivity index (χ1v) is 9.25. The number of hydrogen-bond acceptors (Lipinski definition) is 6. The monoisotopic (exact) mass is 407 g/mol. The van der Waals surface area contributed by atoms with E-state index in [9.17, 15) is 9.59 Å². The first-order valence-electron chi connectivity index (χ1n) is 9.25. The Kier molecular flexibility index (Phi) is 4.73. The Morgan fingerprint density at radius 2 is 1.33 bits per heavy atom. The molecule has 3 heterocycles. The van der Waals surface area contributed by atoms with E-state index in [4.69, 9.17) is 18.9 Å². The van der Waals surface area contributed by atoms with Crippen LogP contribution in [-0.4, -0.2) is 44.8 Å². The second-order valence-corrected chi connectivity index (χ2v) is 6.81. The first-order chi connectivity index (χ1) is 14.5. The van der Waals surface area contributed by atoms with Crippen LogP contribution in [-0.2, 0) is 9.47 Å². The van der Waals surface area contributed by atoms with Crippen LogP contribution in [0.15, 0.2) is 36.4 Å². The van der Waals surface area contributed by atoms with Gasteiger partial charge in [-0.2, -0.15) is 0 Å². The zero-order valence-corrected chi connectivity index (χ0v) is 17.4. The highest BCUT2D eigenvalue weighted by molar-refractivity contribution is 6.18. The van der Waals surface area contributed by atoms with Crippen molar-refractivity contribution in [2.75, 3.05) is 28.4 Å². The largest absolute Gasteiger partial charge is 0.497 e. The first kappa shape index (κ1) is 19.6. The van der Waals surface area contributed by atoms with Crippen molar-refractivity contribution in [3.8, 4) is 22.6 Å². The van der Waals surface area contributed by atoms with E-state index >= 15 is 0 Å². The van der Waals surface area contributed by atoms with Crippen molar-refractivity contribution in [1.29, 1.82) is 0 Å². The second-order valence-electron chi connectivity index (χ2n) is 6.81. The van der Waals surface area contributed by atoms with Crippen molar-refractivity contribution in [3.63, 3.8) is 0 Å². The molecule has 0 amide bonds. The lowest BCUT2D eigenvalue weighted by molar-refractivity contribution is 0.0559. The summed E-state index contributed by atoms with van der Waals surface area (Å²) in [5.41, 5.74) is 4.91. The van der Waals surface area contributed by atoms with Crippen molar-refractivity contribution < 1.29 is 28.5 Å². The summed E-state index contributed by atoms with van der Waals surface area (Å²) in [5.74, 6) is 0.0584. The maximum absolute atomic E-state index is 12.8. The van der Waals surface area contributed by atoms with Gasteiger partial charge in [-0.3, -0.25) is 0 Å². The van der Waals surface area contributed by atoms with Gasteiger partial charge < -0.3 is 23.3 Å². The highest BCUT2D eigenvalue weighted by Crippen LogP contribution is 2.43. The van der Waals surface area contributed by atoms with Gasteiger partial charge in [-0.1, -0.05) is 12.1 Å². The molecule has 0 saturated carbocycles. The van der Waals surface area contributed by atoms with E-state index in [1.807, 2.05) is 41.7 Å². The average Bonchev–Trinajstić information content (AvgIpc) is 3.27. The number of esters is 2. The van der Waals surface area contributed by atoms with Gasteiger partial charge in [0.25, 0.3) is 0 Å². The summed E-state index contributed by atoms with van der Waals surface area (Å²) >= 11 is 0. The fourth-order valence-electron chi connectivity index (χ4n) is 4.01. The molecule has 0 aliphatic heterocycles. The number of aromatic nitrogens is 1. The number of rotatable bonds is 5. The molecule has 7 heteroatoms. The molecule has 4 rings (SSSR count). The molecule has 0 atom stereocenters. The molecule has 0 bridgehead atoms. The van der Waals surface area contributed by atoms with E-state index in [0.29, 0.717) is 16.8 Å². The maximum atomic E-state index is 12.8. The fraction of sp³-hybridized carbons (Fsp3) is 0.217. The molecular weight excluding hydrogens is 386 g/mol. The molecule has 0 N–H and O–H groups in total. The number of aryl methyl sites for hydroxylation is 1. The smallest absolute Gasteiger partial charge is 0.340 e. The van der Waals surface area contributed by atoms with Crippen LogP contribution in [0.4, 0.5) is 0 Å². The van der Waals surface area contributed by atoms with Crippen LogP contribution >= 0.6 is 0 Å². The van der Waals surface area contributed by atoms with Gasteiger partial charge in [0.1, 0.15) is 22.6 Å². The van der Waals surface area contributed by atoms with Gasteiger partial charge in [0.2, 0.25) is 0 Å². The third-order valence-corrected chi connectivity index (χ3v) is 5.40. The summed E-state index contributed by atoms with van der Waals surface area (Å²) in [7, 11) is 5.73. The number of methoxy groups -OCH3 is 4. The van der Waals surface area contributed by atoms with Gasteiger partial charge >= 0.3 is 11.9 Å². The van der Waals surface area contributed by atoms with Crippen LogP contribution in [0.25, 0.3) is 27.7 Å². The summed E-state index contributed by atoms with van der Waals surface area (Å²) in [4.78, 5) is 25.6. The van der Waals surface area contributed by atoms with Crippen LogP contribution < -0.4 is 9.47 Å². The topological polar surface area (TPSA) is 75.5 Å². The molecule has 3 aromatic heterocycles. The third kappa shape index (κ3) is 2.66. The van der Waals surface area contributed by atoms with Crippen LogP contribution in [0, 0.1) is 6.92 Å². The lowest BCUT2D eigenvalue weighted by Crippen LogP contribution is -2.10. The van der Waals surface area contributed by atoms with Gasteiger partial charge in [-0.05, 0) is 30.2 Å². The van der Waals surface area contributed by atoms with Gasteiger partial charge in [0.05, 0.1) is 45.0 Å². The Hall–Kier alpha value is -3.74. The Morgan fingerprint density at radius 1 is 0.767 bits per heavy atom. The minimum absolute atomic E-state index is 0.151. The fourth-order valence-corrected chi connectivity index (χ4v) is 4.01. The summed E-state index contributed by atoms with van der Waals surface area (Å²) in [6.07, 6.45) is 0. The van der Waals surface area contributed by atoms with Crippen LogP contribution in [0.3, 0.4) is 0 Å². The molecule has 0 fully saturated rings. The molecule has 0 saturated heterocycles. The number of hydrogen-bond donors (Lipinski definition) is 0. The van der Waals surface area contributed by atoms with E-state index in [1.165, 1.54) is 14.2 Å². The van der Waals surface area contributed by atoms with E-state index in [1.54, 1.807) is 20.3 Å². The van der Waals surface area contributed by atoms with Crippen LogP contribution in [0.2, 0.25) is 0 Å². The van der Waals surface area contributed by atoms with Crippen LogP contribution in [0.5, 0.6) is 11.5 Å². The highest BCUT2D eigenvalue weighted by atomic mass is 16.5.